The lowest BCUT2D eigenvalue weighted by molar-refractivity contribution is 0.101. The highest BCUT2D eigenvalue weighted by Crippen LogP contribution is 2.59. The zero-order chi connectivity index (χ0) is 23.6. The smallest absolute Gasteiger partial charge is 0.292 e. The van der Waals surface area contributed by atoms with Gasteiger partial charge < -0.3 is 0 Å². The van der Waals surface area contributed by atoms with Crippen LogP contribution in [0.4, 0.5) is 4.20 Å². The molecule has 2 rings (SSSR count). The number of Topliss-reactive ketones (excluding diaryl/α,β-unsaturated/α-hetero) is 2. The number of halogens is 1. The Hall–Kier alpha value is -1.84. The Labute approximate surface area is 181 Å². The number of carbonyl (C=O) groups is 2. The number of hydrogen-bond acceptors (Lipinski definition) is 7. The Morgan fingerprint density at radius 3 is 1.32 bits per heavy atom. The Morgan fingerprint density at radius 1 is 0.742 bits per heavy atom. The second kappa shape index (κ2) is 8.26. The topological polar surface area (TPSA) is 104 Å². The van der Waals surface area contributed by atoms with Gasteiger partial charge in [-0.3, -0.25) is 9.59 Å². The summed E-state index contributed by atoms with van der Waals surface area (Å²) in [6, 6.07) is 15.7. The maximum absolute atomic E-state index is 14.8. The first-order valence-corrected chi connectivity index (χ1v) is 16.2. The highest BCUT2D eigenvalue weighted by Gasteiger charge is 2.43. The van der Waals surface area contributed by atoms with Crippen LogP contribution in [0.3, 0.4) is 0 Å². The summed E-state index contributed by atoms with van der Waals surface area (Å²) in [6.45, 7) is 0. The summed E-state index contributed by atoms with van der Waals surface area (Å²) in [6.07, 6.45) is 3.80. The molecule has 172 valence electrons. The van der Waals surface area contributed by atoms with Crippen LogP contribution in [0.1, 0.15) is 20.7 Å². The van der Waals surface area contributed by atoms with Gasteiger partial charge >= 0.3 is 7.91 Å². The van der Waals surface area contributed by atoms with E-state index >= 15 is 0 Å². The molecule has 0 radical (unpaired) electrons. The lowest BCUT2D eigenvalue weighted by Gasteiger charge is -2.43. The summed E-state index contributed by atoms with van der Waals surface area (Å²) in [5.74, 6) is -2.76. The third-order valence-corrected chi connectivity index (χ3v) is 11.2. The molecule has 2 aromatic carbocycles. The number of hydrogen-bond donors (Lipinski definition) is 0. The molecule has 2 aromatic rings. The number of ketones is 2. The summed E-state index contributed by atoms with van der Waals surface area (Å²) in [4.78, 5) is 24.8. The van der Waals surface area contributed by atoms with Gasteiger partial charge in [0.25, 0.3) is 0 Å². The van der Waals surface area contributed by atoms with E-state index in [0.717, 1.165) is 25.0 Å². The Balaban J connectivity index is 2.18. The fourth-order valence-corrected chi connectivity index (χ4v) is 9.77. The maximum atomic E-state index is 14.8. The molecule has 0 aliphatic carbocycles. The second-order valence-corrected chi connectivity index (χ2v) is 18.8. The van der Waals surface area contributed by atoms with Crippen molar-refractivity contribution in [2.45, 2.75) is 0 Å². The van der Waals surface area contributed by atoms with Crippen LogP contribution in [-0.2, 0) is 31.2 Å². The van der Waals surface area contributed by atoms with Crippen LogP contribution < -0.4 is 0 Å². The van der Waals surface area contributed by atoms with Crippen LogP contribution in [0.15, 0.2) is 60.7 Å². The molecule has 0 N–H and O–H groups in total. The summed E-state index contributed by atoms with van der Waals surface area (Å²) >= 11 is 0. The molecule has 0 heterocycles. The summed E-state index contributed by atoms with van der Waals surface area (Å²) < 4.78 is 62.9. The molecule has 0 fully saturated rings. The normalized spacial score (nSPS) is 16.8. The van der Waals surface area contributed by atoms with Gasteiger partial charge in [-0.05, 0) is 0 Å². The van der Waals surface area contributed by atoms with Crippen LogP contribution in [0.5, 0.6) is 0 Å². The lowest BCUT2D eigenvalue weighted by Crippen LogP contribution is -2.42. The predicted molar refractivity (Wildman–Crippen MR) is 122 cm³/mol. The van der Waals surface area contributed by atoms with Gasteiger partial charge in [-0.15, -0.1) is 4.20 Å². The Bertz CT molecular complexity index is 1080. The quantitative estimate of drug-likeness (QED) is 0.367. The molecule has 0 amide bonds. The fraction of sp³-hybridized carbons (Fsp3) is 0.300. The summed E-state index contributed by atoms with van der Waals surface area (Å²) in [5.41, 5.74) is 0.425. The molecule has 0 bridgehead atoms. The van der Waals surface area contributed by atoms with Gasteiger partial charge in [0.05, 0.1) is 11.5 Å². The second-order valence-electron chi connectivity index (χ2n) is 8.36. The van der Waals surface area contributed by atoms with E-state index in [1.54, 1.807) is 36.4 Å². The SMILES string of the molecule is CS(C)(=O)(CC(=O)c1ccccc1)OP(=O)(F)OS(C)(C)(=O)CC(=O)c1ccccc1. The van der Waals surface area contributed by atoms with E-state index in [9.17, 15) is 26.8 Å². The van der Waals surface area contributed by atoms with Crippen molar-refractivity contribution in [3.8, 4) is 0 Å². The van der Waals surface area contributed by atoms with Crippen molar-refractivity contribution in [2.75, 3.05) is 36.5 Å². The third kappa shape index (κ3) is 8.31. The van der Waals surface area contributed by atoms with Crippen molar-refractivity contribution < 1.29 is 34.7 Å². The summed E-state index contributed by atoms with van der Waals surface area (Å²) in [7, 11) is -14.9. The molecule has 11 heteroatoms. The number of carbonyl (C=O) groups excluding carboxylic acids is 2. The maximum Gasteiger partial charge on any atom is 0.550 e. The van der Waals surface area contributed by atoms with Crippen LogP contribution in [0.2, 0.25) is 0 Å². The molecule has 0 spiro atoms. The molecular formula is C20H26FO7PS2. The number of rotatable bonds is 10. The highest BCUT2D eigenvalue weighted by atomic mass is 32.3. The van der Waals surface area contributed by atoms with Crippen LogP contribution in [0.25, 0.3) is 0 Å². The van der Waals surface area contributed by atoms with Gasteiger partial charge in [-0.2, -0.15) is 26.6 Å². The first-order valence-electron chi connectivity index (χ1n) is 9.03. The molecule has 0 unspecified atom stereocenters. The molecule has 31 heavy (non-hydrogen) atoms. The Kier molecular flexibility index (Phi) is 6.77. The standard InChI is InChI=1S/C20H26FO7PS2/c1-30(2,25,15-19(22)17-11-7-5-8-12-17)27-29(21,24)28-31(3,4,26)16-20(23)18-13-9-6-10-14-18/h5-14H,15-16H2,1-4H3. The van der Waals surface area contributed by atoms with Crippen LogP contribution in [-0.4, -0.2) is 56.5 Å². The third-order valence-electron chi connectivity index (χ3n) is 3.91. The van der Waals surface area contributed by atoms with Gasteiger partial charge in [-0.25, -0.2) is 13.0 Å². The summed E-state index contributed by atoms with van der Waals surface area (Å²) in [5, 5.41) is 0. The van der Waals surface area contributed by atoms with E-state index in [-0.39, 0.29) is 11.1 Å². The van der Waals surface area contributed by atoms with Crippen molar-refractivity contribution in [3.63, 3.8) is 0 Å². The van der Waals surface area contributed by atoms with E-state index in [2.05, 4.69) is 0 Å². The van der Waals surface area contributed by atoms with Gasteiger partial charge in [0.1, 0.15) is 0 Å². The van der Waals surface area contributed by atoms with E-state index < -0.39 is 49.7 Å². The van der Waals surface area contributed by atoms with Crippen molar-refractivity contribution in [2.24, 2.45) is 0 Å². The van der Waals surface area contributed by atoms with Crippen molar-refractivity contribution in [1.82, 2.24) is 0 Å². The van der Waals surface area contributed by atoms with Crippen LogP contribution >= 0.6 is 7.91 Å². The highest BCUT2D eigenvalue weighted by molar-refractivity contribution is 8.19. The first-order chi connectivity index (χ1) is 13.9. The molecule has 0 saturated heterocycles. The monoisotopic (exact) mass is 492 g/mol. The van der Waals surface area contributed by atoms with Crippen molar-refractivity contribution >= 4 is 38.2 Å². The van der Waals surface area contributed by atoms with Gasteiger partial charge in [0.15, 0.2) is 11.6 Å². The average molecular weight is 493 g/mol. The minimum atomic E-state index is -5.70. The first kappa shape index (κ1) is 25.4. The van der Waals surface area contributed by atoms with E-state index in [1.165, 1.54) is 24.3 Å². The molecule has 0 saturated carbocycles. The van der Waals surface area contributed by atoms with Crippen LogP contribution in [0, 0.1) is 0 Å². The van der Waals surface area contributed by atoms with E-state index in [4.69, 9.17) is 7.94 Å². The van der Waals surface area contributed by atoms with E-state index in [1.807, 2.05) is 0 Å². The van der Waals surface area contributed by atoms with Gasteiger partial charge in [-0.1, -0.05) is 60.7 Å². The van der Waals surface area contributed by atoms with Crippen molar-refractivity contribution in [1.29, 1.82) is 0 Å². The zero-order valence-electron chi connectivity index (χ0n) is 17.7. The van der Waals surface area contributed by atoms with Gasteiger partial charge in [0.2, 0.25) is 0 Å². The molecule has 0 aliphatic heterocycles. The number of benzene rings is 2. The van der Waals surface area contributed by atoms with Gasteiger partial charge in [0, 0.05) is 36.1 Å². The zero-order valence-corrected chi connectivity index (χ0v) is 20.2. The Morgan fingerprint density at radius 2 is 1.03 bits per heavy atom. The molecule has 7 nitrogen and oxygen atoms in total. The van der Waals surface area contributed by atoms with E-state index in [0.29, 0.717) is 0 Å². The molecule has 0 atom stereocenters. The lowest BCUT2D eigenvalue weighted by atomic mass is 10.2. The molecule has 0 aliphatic rings. The largest absolute Gasteiger partial charge is 0.550 e. The van der Waals surface area contributed by atoms with Crippen molar-refractivity contribution in [3.05, 3.63) is 71.8 Å². The fourth-order valence-electron chi connectivity index (χ4n) is 2.77. The molecule has 0 aromatic heterocycles. The minimum absolute atomic E-state index is 0.213. The minimum Gasteiger partial charge on any atom is -0.292 e. The molecular weight excluding hydrogens is 466 g/mol. The average Bonchev–Trinajstić information content (AvgIpc) is 2.58. The predicted octanol–water partition coefficient (Wildman–Crippen LogP) is 3.85.